The van der Waals surface area contributed by atoms with Crippen LogP contribution in [-0.4, -0.2) is 9.55 Å². The molecule has 0 bridgehead atoms. The topological polar surface area (TPSA) is 17.8 Å². The van der Waals surface area contributed by atoms with Gasteiger partial charge in [0.25, 0.3) is 0 Å². The lowest BCUT2D eigenvalue weighted by molar-refractivity contribution is -0.138. The van der Waals surface area contributed by atoms with E-state index in [9.17, 15) is 17.6 Å². The van der Waals surface area contributed by atoms with Gasteiger partial charge in [0.05, 0.1) is 5.56 Å². The van der Waals surface area contributed by atoms with Gasteiger partial charge in [-0.3, -0.25) is 0 Å². The first kappa shape index (κ1) is 16.7. The molecule has 2 nitrogen and oxygen atoms in total. The largest absolute Gasteiger partial charge is 0.416 e. The van der Waals surface area contributed by atoms with Crippen LogP contribution in [0.4, 0.5) is 17.6 Å². The summed E-state index contributed by atoms with van der Waals surface area (Å²) >= 11 is 3.20. The van der Waals surface area contributed by atoms with E-state index >= 15 is 0 Å². The van der Waals surface area contributed by atoms with Crippen LogP contribution in [0.15, 0.2) is 59.3 Å². The van der Waals surface area contributed by atoms with Crippen LogP contribution in [0.3, 0.4) is 0 Å². The molecule has 0 radical (unpaired) electrons. The summed E-state index contributed by atoms with van der Waals surface area (Å²) in [6.45, 7) is -0.0147. The second-order valence-corrected chi connectivity index (χ2v) is 6.11. The lowest BCUT2D eigenvalue weighted by Crippen LogP contribution is -2.12. The van der Waals surface area contributed by atoms with Crippen LogP contribution in [0, 0.1) is 5.82 Å². The van der Waals surface area contributed by atoms with Crippen molar-refractivity contribution in [2.75, 3.05) is 0 Å². The molecule has 3 aromatic rings. The fraction of sp³-hybridized carbons (Fsp3) is 0.118. The van der Waals surface area contributed by atoms with Crippen LogP contribution < -0.4 is 0 Å². The second kappa shape index (κ2) is 6.39. The van der Waals surface area contributed by atoms with Gasteiger partial charge in [-0.15, -0.1) is 0 Å². The third-order valence-corrected chi connectivity index (χ3v) is 3.96. The van der Waals surface area contributed by atoms with Crippen molar-refractivity contribution in [3.63, 3.8) is 0 Å². The van der Waals surface area contributed by atoms with Gasteiger partial charge in [0.15, 0.2) is 0 Å². The number of nitrogens with zero attached hydrogens (tertiary/aromatic N) is 2. The van der Waals surface area contributed by atoms with Gasteiger partial charge in [-0.1, -0.05) is 34.1 Å². The summed E-state index contributed by atoms with van der Waals surface area (Å²) in [7, 11) is 0. The summed E-state index contributed by atoms with van der Waals surface area (Å²) in [6, 6.07) is 9.64. The quantitative estimate of drug-likeness (QED) is 0.531. The van der Waals surface area contributed by atoms with Gasteiger partial charge < -0.3 is 4.57 Å². The number of imidazole rings is 1. The highest BCUT2D eigenvalue weighted by molar-refractivity contribution is 9.10. The van der Waals surface area contributed by atoms with Gasteiger partial charge in [0.2, 0.25) is 0 Å². The summed E-state index contributed by atoms with van der Waals surface area (Å²) in [4.78, 5) is 4.15. The summed E-state index contributed by atoms with van der Waals surface area (Å²) in [5, 5.41) is 0. The number of benzene rings is 2. The van der Waals surface area contributed by atoms with E-state index in [1.165, 1.54) is 30.5 Å². The average molecular weight is 399 g/mol. The second-order valence-electron chi connectivity index (χ2n) is 5.19. The average Bonchev–Trinajstić information content (AvgIpc) is 2.94. The summed E-state index contributed by atoms with van der Waals surface area (Å²) in [6.07, 6.45) is -1.38. The lowest BCUT2D eigenvalue weighted by Gasteiger charge is -2.14. The first-order valence-corrected chi connectivity index (χ1v) is 7.76. The van der Waals surface area contributed by atoms with E-state index in [1.54, 1.807) is 22.9 Å². The number of hydrogen-bond donors (Lipinski definition) is 0. The van der Waals surface area contributed by atoms with Crippen LogP contribution >= 0.6 is 15.9 Å². The lowest BCUT2D eigenvalue weighted by atomic mass is 10.1. The fourth-order valence-corrected chi connectivity index (χ4v) is 2.96. The molecule has 0 saturated carbocycles. The van der Waals surface area contributed by atoms with Gasteiger partial charge in [0.1, 0.15) is 11.6 Å². The third kappa shape index (κ3) is 3.51. The maximum Gasteiger partial charge on any atom is 0.416 e. The predicted octanol–water partition coefficient (Wildman–Crippen LogP) is 5.52. The molecule has 0 aliphatic carbocycles. The zero-order valence-electron chi connectivity index (χ0n) is 12.2. The van der Waals surface area contributed by atoms with Gasteiger partial charge >= 0.3 is 6.18 Å². The molecule has 1 aromatic heterocycles. The third-order valence-electron chi connectivity index (χ3n) is 3.50. The number of aromatic nitrogens is 2. The molecule has 0 N–H and O–H groups in total. The van der Waals surface area contributed by atoms with Crippen molar-refractivity contribution >= 4 is 15.9 Å². The van der Waals surface area contributed by atoms with Crippen molar-refractivity contribution < 1.29 is 17.6 Å². The van der Waals surface area contributed by atoms with Crippen molar-refractivity contribution in [1.82, 2.24) is 9.55 Å². The van der Waals surface area contributed by atoms with Crippen molar-refractivity contribution in [2.45, 2.75) is 12.7 Å². The number of halogens is 5. The van der Waals surface area contributed by atoms with E-state index in [0.717, 1.165) is 6.07 Å². The van der Waals surface area contributed by atoms with Crippen molar-refractivity contribution in [1.29, 1.82) is 0 Å². The molecule has 3 rings (SSSR count). The van der Waals surface area contributed by atoms with Gasteiger partial charge in [-0.2, -0.15) is 13.2 Å². The molecule has 0 aliphatic rings. The maximum absolute atomic E-state index is 13.6. The Hall–Kier alpha value is -2.15. The standard InChI is InChI=1S/C17H11BrF4N2/c18-13-7-12(8-14(19)9-13)16-23-5-6-24(16)10-11-3-1-2-4-15(11)17(20,21)22/h1-9H,10H2. The van der Waals surface area contributed by atoms with Crippen molar-refractivity contribution in [2.24, 2.45) is 0 Å². The minimum atomic E-state index is -4.43. The number of hydrogen-bond acceptors (Lipinski definition) is 1. The van der Waals surface area contributed by atoms with Crippen molar-refractivity contribution in [3.05, 3.63) is 76.3 Å². The highest BCUT2D eigenvalue weighted by Crippen LogP contribution is 2.33. The Morgan fingerprint density at radius 1 is 1.08 bits per heavy atom. The Morgan fingerprint density at radius 3 is 2.54 bits per heavy atom. The molecule has 0 aliphatic heterocycles. The molecule has 0 unspecified atom stereocenters. The highest BCUT2D eigenvalue weighted by Gasteiger charge is 2.33. The van der Waals surface area contributed by atoms with E-state index in [4.69, 9.17) is 0 Å². The normalized spacial score (nSPS) is 11.7. The summed E-state index contributed by atoms with van der Waals surface area (Å²) in [5.41, 5.74) is -0.0823. The van der Waals surface area contributed by atoms with Gasteiger partial charge in [-0.05, 0) is 29.8 Å². The minimum absolute atomic E-state index is 0.0147. The van der Waals surface area contributed by atoms with Gasteiger partial charge in [0, 0.05) is 29.0 Å². The Kier molecular flexibility index (Phi) is 4.45. The first-order chi connectivity index (χ1) is 11.3. The minimum Gasteiger partial charge on any atom is -0.327 e. The number of rotatable bonds is 3. The highest BCUT2D eigenvalue weighted by atomic mass is 79.9. The molecule has 0 fully saturated rings. The molecule has 0 atom stereocenters. The van der Waals surface area contributed by atoms with E-state index < -0.39 is 17.6 Å². The Balaban J connectivity index is 2.01. The summed E-state index contributed by atoms with van der Waals surface area (Å²) < 4.78 is 55.1. The molecule has 2 aromatic carbocycles. The molecule has 124 valence electrons. The molecule has 24 heavy (non-hydrogen) atoms. The molecular formula is C17H11BrF4N2. The maximum atomic E-state index is 13.6. The monoisotopic (exact) mass is 398 g/mol. The van der Waals surface area contributed by atoms with E-state index in [1.807, 2.05) is 0 Å². The SMILES string of the molecule is Fc1cc(Br)cc(-c2nccn2Cc2ccccc2C(F)(F)F)c1. The van der Waals surface area contributed by atoms with Crippen LogP contribution in [0.1, 0.15) is 11.1 Å². The molecule has 0 amide bonds. The van der Waals surface area contributed by atoms with E-state index in [-0.39, 0.29) is 12.1 Å². The fourth-order valence-electron chi connectivity index (χ4n) is 2.50. The number of alkyl halides is 3. The Bertz CT molecular complexity index is 851. The van der Waals surface area contributed by atoms with E-state index in [0.29, 0.717) is 15.9 Å². The van der Waals surface area contributed by atoms with Crippen LogP contribution in [0.2, 0.25) is 0 Å². The zero-order chi connectivity index (χ0) is 17.3. The Morgan fingerprint density at radius 2 is 1.83 bits per heavy atom. The predicted molar refractivity (Wildman–Crippen MR) is 85.9 cm³/mol. The molecular weight excluding hydrogens is 388 g/mol. The van der Waals surface area contributed by atoms with Crippen LogP contribution in [0.25, 0.3) is 11.4 Å². The van der Waals surface area contributed by atoms with Crippen LogP contribution in [-0.2, 0) is 12.7 Å². The molecule has 7 heteroatoms. The molecule has 0 saturated heterocycles. The van der Waals surface area contributed by atoms with Gasteiger partial charge in [-0.25, -0.2) is 9.37 Å². The first-order valence-electron chi connectivity index (χ1n) is 6.97. The molecule has 1 heterocycles. The van der Waals surface area contributed by atoms with Crippen molar-refractivity contribution in [3.8, 4) is 11.4 Å². The molecule has 0 spiro atoms. The summed E-state index contributed by atoms with van der Waals surface area (Å²) in [5.74, 6) is -0.0585. The smallest absolute Gasteiger partial charge is 0.327 e. The van der Waals surface area contributed by atoms with Crippen LogP contribution in [0.5, 0.6) is 0 Å². The zero-order valence-corrected chi connectivity index (χ0v) is 13.8. The van der Waals surface area contributed by atoms with E-state index in [2.05, 4.69) is 20.9 Å². The Labute approximate surface area is 143 Å².